The predicted molar refractivity (Wildman–Crippen MR) is 120 cm³/mol. The lowest BCUT2D eigenvalue weighted by atomic mass is 9.88. The van der Waals surface area contributed by atoms with Crippen LogP contribution in [0, 0.1) is 17.2 Å². The van der Waals surface area contributed by atoms with E-state index in [-0.39, 0.29) is 23.8 Å². The summed E-state index contributed by atoms with van der Waals surface area (Å²) in [5.41, 5.74) is 2.75. The molecule has 2 aromatic rings. The summed E-state index contributed by atoms with van der Waals surface area (Å²) in [5.74, 6) is 0.351. The zero-order valence-corrected chi connectivity index (χ0v) is 17.8. The van der Waals surface area contributed by atoms with Crippen molar-refractivity contribution in [2.75, 3.05) is 13.1 Å². The largest absolute Gasteiger partial charge is 0.353 e. The van der Waals surface area contributed by atoms with Crippen LogP contribution in [0.1, 0.15) is 60.9 Å². The Morgan fingerprint density at radius 3 is 2.23 bits per heavy atom. The first kappa shape index (κ1) is 21.1. The maximum absolute atomic E-state index is 13.3. The van der Waals surface area contributed by atoms with E-state index < -0.39 is 0 Å². The number of nitrogens with zero attached hydrogens (tertiary/aromatic N) is 2. The van der Waals surface area contributed by atoms with Crippen molar-refractivity contribution in [2.45, 2.75) is 51.0 Å². The molecule has 0 unspecified atom stereocenters. The Morgan fingerprint density at radius 2 is 1.52 bits per heavy atom. The van der Waals surface area contributed by atoms with Gasteiger partial charge in [0.15, 0.2) is 0 Å². The van der Waals surface area contributed by atoms with Crippen molar-refractivity contribution in [1.29, 1.82) is 5.26 Å². The molecule has 1 heterocycles. The van der Waals surface area contributed by atoms with Gasteiger partial charge in [0.05, 0.1) is 11.6 Å². The number of piperidine rings is 1. The van der Waals surface area contributed by atoms with Crippen LogP contribution in [0.5, 0.6) is 0 Å². The van der Waals surface area contributed by atoms with Crippen LogP contribution < -0.4 is 5.32 Å². The minimum atomic E-state index is -0.0135. The van der Waals surface area contributed by atoms with Crippen LogP contribution in [-0.2, 0) is 4.79 Å². The van der Waals surface area contributed by atoms with E-state index in [9.17, 15) is 14.9 Å². The molecule has 5 heteroatoms. The lowest BCUT2D eigenvalue weighted by Gasteiger charge is -2.34. The van der Waals surface area contributed by atoms with Crippen molar-refractivity contribution in [2.24, 2.45) is 5.92 Å². The minimum Gasteiger partial charge on any atom is -0.353 e. The number of carbonyl (C=O) groups is 2. The normalized spacial score (nSPS) is 17.7. The number of rotatable bonds is 4. The van der Waals surface area contributed by atoms with Crippen molar-refractivity contribution in [3.8, 4) is 17.2 Å². The van der Waals surface area contributed by atoms with E-state index in [4.69, 9.17) is 0 Å². The van der Waals surface area contributed by atoms with Crippen LogP contribution in [-0.4, -0.2) is 35.8 Å². The number of amides is 2. The SMILES string of the molecule is N#Cc1ccccc1-c1ccccc1C(=O)N1CCC(NC(=O)C2CCCCC2)CC1. The van der Waals surface area contributed by atoms with Gasteiger partial charge in [-0.05, 0) is 43.4 Å². The van der Waals surface area contributed by atoms with E-state index in [1.54, 1.807) is 6.07 Å². The molecule has 0 spiro atoms. The Morgan fingerprint density at radius 1 is 0.871 bits per heavy atom. The van der Waals surface area contributed by atoms with Crippen molar-refractivity contribution in [3.05, 3.63) is 59.7 Å². The molecule has 0 atom stereocenters. The van der Waals surface area contributed by atoms with Gasteiger partial charge < -0.3 is 10.2 Å². The standard InChI is InChI=1S/C26H29N3O2/c27-18-20-10-4-5-11-22(20)23-12-6-7-13-24(23)26(31)29-16-14-21(15-17-29)28-25(30)19-8-2-1-3-9-19/h4-7,10-13,19,21H,1-3,8-9,14-17H2,(H,28,30). The zero-order chi connectivity index (χ0) is 21.6. The van der Waals surface area contributed by atoms with Gasteiger partial charge in [-0.25, -0.2) is 0 Å². The summed E-state index contributed by atoms with van der Waals surface area (Å²) in [6.45, 7) is 1.26. The van der Waals surface area contributed by atoms with Gasteiger partial charge in [0.25, 0.3) is 5.91 Å². The number of carbonyl (C=O) groups excluding carboxylic acids is 2. The van der Waals surface area contributed by atoms with E-state index in [1.165, 1.54) is 6.42 Å². The highest BCUT2D eigenvalue weighted by Crippen LogP contribution is 2.29. The Balaban J connectivity index is 1.42. The molecule has 1 saturated carbocycles. The van der Waals surface area contributed by atoms with Crippen molar-refractivity contribution >= 4 is 11.8 Å². The van der Waals surface area contributed by atoms with E-state index >= 15 is 0 Å². The molecule has 1 aliphatic carbocycles. The number of likely N-dealkylation sites (tertiary alicyclic amines) is 1. The van der Waals surface area contributed by atoms with Gasteiger partial charge in [-0.2, -0.15) is 5.26 Å². The lowest BCUT2D eigenvalue weighted by Crippen LogP contribution is -2.48. The van der Waals surface area contributed by atoms with Crippen molar-refractivity contribution in [3.63, 3.8) is 0 Å². The quantitative estimate of drug-likeness (QED) is 0.797. The maximum Gasteiger partial charge on any atom is 0.254 e. The molecule has 0 bridgehead atoms. The summed E-state index contributed by atoms with van der Waals surface area (Å²) < 4.78 is 0. The average molecular weight is 416 g/mol. The molecule has 1 N–H and O–H groups in total. The van der Waals surface area contributed by atoms with Gasteiger partial charge in [0.1, 0.15) is 0 Å². The molecule has 5 nitrogen and oxygen atoms in total. The summed E-state index contributed by atoms with van der Waals surface area (Å²) in [7, 11) is 0. The molecule has 4 rings (SSSR count). The summed E-state index contributed by atoms with van der Waals surface area (Å²) in [6.07, 6.45) is 7.11. The van der Waals surface area contributed by atoms with Gasteiger partial charge in [-0.15, -0.1) is 0 Å². The minimum absolute atomic E-state index is 0.0135. The maximum atomic E-state index is 13.3. The third-order valence-corrected chi connectivity index (χ3v) is 6.60. The fourth-order valence-electron chi connectivity index (χ4n) is 4.80. The zero-order valence-electron chi connectivity index (χ0n) is 17.8. The second kappa shape index (κ2) is 9.78. The van der Waals surface area contributed by atoms with Crippen LogP contribution in [0.15, 0.2) is 48.5 Å². The van der Waals surface area contributed by atoms with E-state index in [0.717, 1.165) is 49.7 Å². The van der Waals surface area contributed by atoms with E-state index in [0.29, 0.717) is 24.2 Å². The molecule has 1 saturated heterocycles. The second-order valence-electron chi connectivity index (χ2n) is 8.61. The van der Waals surface area contributed by atoms with Gasteiger partial charge in [-0.1, -0.05) is 55.7 Å². The summed E-state index contributed by atoms with van der Waals surface area (Å²) in [6, 6.07) is 17.3. The van der Waals surface area contributed by atoms with Gasteiger partial charge >= 0.3 is 0 Å². The second-order valence-corrected chi connectivity index (χ2v) is 8.61. The summed E-state index contributed by atoms with van der Waals surface area (Å²) >= 11 is 0. The van der Waals surface area contributed by atoms with E-state index in [2.05, 4.69) is 11.4 Å². The summed E-state index contributed by atoms with van der Waals surface area (Å²) in [5, 5.41) is 12.7. The lowest BCUT2D eigenvalue weighted by molar-refractivity contribution is -0.126. The average Bonchev–Trinajstić information content (AvgIpc) is 2.84. The third-order valence-electron chi connectivity index (χ3n) is 6.60. The molecular weight excluding hydrogens is 386 g/mol. The Kier molecular flexibility index (Phi) is 6.66. The highest BCUT2D eigenvalue weighted by Gasteiger charge is 2.28. The van der Waals surface area contributed by atoms with Crippen LogP contribution in [0.25, 0.3) is 11.1 Å². The first-order valence-corrected chi connectivity index (χ1v) is 11.4. The number of nitrogens with one attached hydrogen (secondary N) is 1. The fourth-order valence-corrected chi connectivity index (χ4v) is 4.80. The van der Waals surface area contributed by atoms with Crippen LogP contribution in [0.2, 0.25) is 0 Å². The number of benzene rings is 2. The predicted octanol–water partition coefficient (Wildman–Crippen LogP) is 4.53. The van der Waals surface area contributed by atoms with Gasteiger partial charge in [-0.3, -0.25) is 9.59 Å². The molecular formula is C26H29N3O2. The van der Waals surface area contributed by atoms with Gasteiger partial charge in [0, 0.05) is 36.2 Å². The van der Waals surface area contributed by atoms with Gasteiger partial charge in [0.2, 0.25) is 5.91 Å². The molecule has 2 fully saturated rings. The fraction of sp³-hybridized carbons (Fsp3) is 0.423. The number of nitriles is 1. The summed E-state index contributed by atoms with van der Waals surface area (Å²) in [4.78, 5) is 27.7. The topological polar surface area (TPSA) is 73.2 Å². The highest BCUT2D eigenvalue weighted by molar-refractivity contribution is 6.01. The van der Waals surface area contributed by atoms with Crippen LogP contribution >= 0.6 is 0 Å². The molecule has 0 radical (unpaired) electrons. The Hall–Kier alpha value is -3.13. The molecule has 0 aromatic heterocycles. The van der Waals surface area contributed by atoms with Crippen molar-refractivity contribution < 1.29 is 9.59 Å². The monoisotopic (exact) mass is 415 g/mol. The number of hydrogen-bond acceptors (Lipinski definition) is 3. The van der Waals surface area contributed by atoms with E-state index in [1.807, 2.05) is 47.4 Å². The third kappa shape index (κ3) is 4.80. The van der Waals surface area contributed by atoms with Crippen molar-refractivity contribution in [1.82, 2.24) is 10.2 Å². The molecule has 1 aliphatic heterocycles. The molecule has 2 aliphatic rings. The van der Waals surface area contributed by atoms with Crippen LogP contribution in [0.4, 0.5) is 0 Å². The molecule has 2 amide bonds. The highest BCUT2D eigenvalue weighted by atomic mass is 16.2. The van der Waals surface area contributed by atoms with Crippen LogP contribution in [0.3, 0.4) is 0 Å². The smallest absolute Gasteiger partial charge is 0.254 e. The molecule has 160 valence electrons. The Bertz CT molecular complexity index is 980. The molecule has 31 heavy (non-hydrogen) atoms. The number of hydrogen-bond donors (Lipinski definition) is 1. The first-order valence-electron chi connectivity index (χ1n) is 11.4. The Labute approximate surface area is 184 Å². The molecule has 2 aromatic carbocycles. The first-order chi connectivity index (χ1) is 15.2.